The molecule has 0 aliphatic heterocycles. The first-order valence-corrected chi connectivity index (χ1v) is 8.85. The highest BCUT2D eigenvalue weighted by Gasteiger charge is 2.00. The van der Waals surface area contributed by atoms with E-state index in [-0.39, 0.29) is 0 Å². The molecule has 0 saturated heterocycles. The van der Waals surface area contributed by atoms with Crippen LogP contribution in [0.15, 0.2) is 97.1 Å². The number of rotatable bonds is 9. The Kier molecular flexibility index (Phi) is 8.58. The molecule has 134 valence electrons. The Labute approximate surface area is 156 Å². The molecule has 26 heavy (non-hydrogen) atoms. The minimum absolute atomic E-state index is 0.568. The molecule has 2 aromatic carbocycles. The summed E-state index contributed by atoms with van der Waals surface area (Å²) in [4.78, 5) is 0. The molecule has 2 rings (SSSR count). The second-order valence-corrected chi connectivity index (χ2v) is 5.58. The van der Waals surface area contributed by atoms with Crippen molar-refractivity contribution in [1.82, 2.24) is 0 Å². The summed E-state index contributed by atoms with van der Waals surface area (Å²) in [6.45, 7) is 5.12. The first-order valence-electron chi connectivity index (χ1n) is 8.85. The fraction of sp³-hybridized carbons (Fsp3) is 0.167. The van der Waals surface area contributed by atoms with Crippen LogP contribution in [0, 0.1) is 0 Å². The lowest BCUT2D eigenvalue weighted by Gasteiger charge is -2.07. The van der Waals surface area contributed by atoms with E-state index in [9.17, 15) is 0 Å². The summed E-state index contributed by atoms with van der Waals surface area (Å²) < 4.78 is 11.4. The van der Waals surface area contributed by atoms with Crippen molar-refractivity contribution in [2.45, 2.75) is 13.8 Å². The van der Waals surface area contributed by atoms with Crippen LogP contribution in [-0.2, 0) is 0 Å². The Morgan fingerprint density at radius 1 is 0.577 bits per heavy atom. The van der Waals surface area contributed by atoms with E-state index in [0.29, 0.717) is 13.2 Å². The predicted octanol–water partition coefficient (Wildman–Crippen LogP) is 6.38. The maximum Gasteiger partial charge on any atom is 0.119 e. The summed E-state index contributed by atoms with van der Waals surface area (Å²) in [6, 6.07) is 16.3. The number of hydrogen-bond acceptors (Lipinski definition) is 2. The van der Waals surface area contributed by atoms with Crippen LogP contribution < -0.4 is 9.47 Å². The van der Waals surface area contributed by atoms with Gasteiger partial charge in [0.05, 0.1) is 0 Å². The maximum atomic E-state index is 5.68. The molecule has 0 spiro atoms. The first-order chi connectivity index (χ1) is 12.8. The van der Waals surface area contributed by atoms with Crippen molar-refractivity contribution >= 4 is 0 Å². The Morgan fingerprint density at radius 3 is 1.31 bits per heavy atom. The zero-order chi connectivity index (χ0) is 18.5. The van der Waals surface area contributed by atoms with Crippen LogP contribution in [0.1, 0.15) is 13.8 Å². The van der Waals surface area contributed by atoms with Gasteiger partial charge in [-0.3, -0.25) is 0 Å². The molecule has 0 aliphatic rings. The van der Waals surface area contributed by atoms with Gasteiger partial charge in [-0.25, -0.2) is 0 Å². The van der Waals surface area contributed by atoms with Crippen molar-refractivity contribution in [3.63, 3.8) is 0 Å². The largest absolute Gasteiger partial charge is 0.490 e. The van der Waals surface area contributed by atoms with Crippen LogP contribution in [0.4, 0.5) is 0 Å². The van der Waals surface area contributed by atoms with Gasteiger partial charge in [-0.05, 0) is 61.4 Å². The second kappa shape index (κ2) is 11.5. The van der Waals surface area contributed by atoms with Crippen molar-refractivity contribution in [3.8, 4) is 22.6 Å². The van der Waals surface area contributed by atoms with Gasteiger partial charge in [-0.2, -0.15) is 0 Å². The Bertz CT molecular complexity index is 680. The lowest BCUT2D eigenvalue weighted by Crippen LogP contribution is -1.93. The lowest BCUT2D eigenvalue weighted by molar-refractivity contribution is 0.362. The molecule has 2 heteroatoms. The van der Waals surface area contributed by atoms with E-state index in [1.54, 1.807) is 0 Å². The lowest BCUT2D eigenvalue weighted by atomic mass is 10.1. The van der Waals surface area contributed by atoms with Crippen LogP contribution in [0.2, 0.25) is 0 Å². The third kappa shape index (κ3) is 6.86. The van der Waals surface area contributed by atoms with Crippen molar-refractivity contribution in [2.24, 2.45) is 0 Å². The van der Waals surface area contributed by atoms with E-state index in [4.69, 9.17) is 9.47 Å². The monoisotopic (exact) mass is 346 g/mol. The highest BCUT2D eigenvalue weighted by molar-refractivity contribution is 5.64. The van der Waals surface area contributed by atoms with Gasteiger partial charge >= 0.3 is 0 Å². The first kappa shape index (κ1) is 19.3. The van der Waals surface area contributed by atoms with Gasteiger partial charge in [0.2, 0.25) is 0 Å². The molecule has 0 aromatic heterocycles. The van der Waals surface area contributed by atoms with Gasteiger partial charge in [-0.15, -0.1) is 0 Å². The predicted molar refractivity (Wildman–Crippen MR) is 111 cm³/mol. The molecule has 0 unspecified atom stereocenters. The average molecular weight is 346 g/mol. The Hall–Kier alpha value is -3.00. The molecule has 0 heterocycles. The van der Waals surface area contributed by atoms with E-state index in [0.717, 1.165) is 22.6 Å². The van der Waals surface area contributed by atoms with E-state index in [2.05, 4.69) is 24.3 Å². The fourth-order valence-corrected chi connectivity index (χ4v) is 2.27. The van der Waals surface area contributed by atoms with Crippen LogP contribution >= 0.6 is 0 Å². The molecular weight excluding hydrogens is 320 g/mol. The van der Waals surface area contributed by atoms with Crippen molar-refractivity contribution in [3.05, 3.63) is 97.1 Å². The van der Waals surface area contributed by atoms with E-state index >= 15 is 0 Å². The summed E-state index contributed by atoms with van der Waals surface area (Å²) in [5.41, 5.74) is 2.31. The van der Waals surface area contributed by atoms with Crippen LogP contribution in [0.5, 0.6) is 11.5 Å². The van der Waals surface area contributed by atoms with Crippen molar-refractivity contribution in [2.75, 3.05) is 13.2 Å². The Balaban J connectivity index is 1.88. The average Bonchev–Trinajstić information content (AvgIpc) is 2.69. The van der Waals surface area contributed by atoms with Gasteiger partial charge in [0.1, 0.15) is 24.7 Å². The van der Waals surface area contributed by atoms with Crippen LogP contribution in [-0.4, -0.2) is 13.2 Å². The normalized spacial score (nSPS) is 11.9. The molecule has 2 nitrogen and oxygen atoms in total. The Morgan fingerprint density at radius 2 is 0.962 bits per heavy atom. The minimum atomic E-state index is 0.568. The number of hydrogen-bond donors (Lipinski definition) is 0. The van der Waals surface area contributed by atoms with Gasteiger partial charge < -0.3 is 9.47 Å². The SMILES string of the molecule is C/C=C/C=C/COc1ccc(-c2ccc(OC/C=C/C=C/C)cc2)cc1. The topological polar surface area (TPSA) is 18.5 Å². The van der Waals surface area contributed by atoms with Gasteiger partial charge in [0.25, 0.3) is 0 Å². The molecule has 0 amide bonds. The van der Waals surface area contributed by atoms with E-state index < -0.39 is 0 Å². The highest BCUT2D eigenvalue weighted by Crippen LogP contribution is 2.24. The summed E-state index contributed by atoms with van der Waals surface area (Å²) in [5.74, 6) is 1.73. The summed E-state index contributed by atoms with van der Waals surface area (Å²) >= 11 is 0. The van der Waals surface area contributed by atoms with Crippen molar-refractivity contribution in [1.29, 1.82) is 0 Å². The molecule has 0 aliphatic carbocycles. The molecule has 0 saturated carbocycles. The van der Waals surface area contributed by atoms with Crippen LogP contribution in [0.25, 0.3) is 11.1 Å². The summed E-state index contributed by atoms with van der Waals surface area (Å²) in [5, 5.41) is 0. The minimum Gasteiger partial charge on any atom is -0.490 e. The smallest absolute Gasteiger partial charge is 0.119 e. The van der Waals surface area contributed by atoms with Gasteiger partial charge in [-0.1, -0.05) is 60.7 Å². The fourth-order valence-electron chi connectivity index (χ4n) is 2.27. The number of benzene rings is 2. The third-order valence-corrected chi connectivity index (χ3v) is 3.61. The van der Waals surface area contributed by atoms with Gasteiger partial charge in [0.15, 0.2) is 0 Å². The zero-order valence-corrected chi connectivity index (χ0v) is 15.5. The molecule has 0 atom stereocenters. The van der Waals surface area contributed by atoms with Crippen molar-refractivity contribution < 1.29 is 9.47 Å². The quantitative estimate of drug-likeness (QED) is 0.491. The molecule has 0 bridgehead atoms. The van der Waals surface area contributed by atoms with E-state index in [1.807, 2.05) is 86.7 Å². The molecule has 0 fully saturated rings. The molecular formula is C24H26O2. The molecule has 0 N–H and O–H groups in total. The van der Waals surface area contributed by atoms with E-state index in [1.165, 1.54) is 0 Å². The van der Waals surface area contributed by atoms with Crippen LogP contribution in [0.3, 0.4) is 0 Å². The zero-order valence-electron chi connectivity index (χ0n) is 15.5. The number of allylic oxidation sites excluding steroid dienone is 6. The van der Waals surface area contributed by atoms with Gasteiger partial charge in [0, 0.05) is 0 Å². The standard InChI is InChI=1S/C24H26O2/c1-3-5-7-9-19-25-23-15-11-21(12-16-23)22-13-17-24(18-14-22)26-20-10-8-6-4-2/h3-18H,19-20H2,1-2H3/b5-3+,6-4+,9-7+,10-8+. The third-order valence-electron chi connectivity index (χ3n) is 3.61. The summed E-state index contributed by atoms with van der Waals surface area (Å²) in [6.07, 6.45) is 15.9. The molecule has 2 aromatic rings. The number of ether oxygens (including phenoxy) is 2. The maximum absolute atomic E-state index is 5.68. The second-order valence-electron chi connectivity index (χ2n) is 5.58. The molecule has 0 radical (unpaired) electrons. The highest BCUT2D eigenvalue weighted by atomic mass is 16.5. The summed E-state index contributed by atoms with van der Waals surface area (Å²) in [7, 11) is 0.